The molecule has 0 amide bonds. The molecular weight excluding hydrogens is 435 g/mol. The minimum absolute atomic E-state index is 1.11. The molecule has 4 heteroatoms. The summed E-state index contributed by atoms with van der Waals surface area (Å²) >= 11 is 6.15. The van der Waals surface area contributed by atoms with E-state index in [1.807, 2.05) is 0 Å². The van der Waals surface area contributed by atoms with Gasteiger partial charge in [0.1, 0.15) is 0 Å². The van der Waals surface area contributed by atoms with Gasteiger partial charge in [0.25, 0.3) is 0 Å². The summed E-state index contributed by atoms with van der Waals surface area (Å²) in [5.74, 6) is 6.92. The average Bonchev–Trinajstić information content (AvgIpc) is 2.83. The topological polar surface area (TPSA) is 3.24 Å². The Morgan fingerprint density at radius 2 is 0.710 bits per heavy atom. The van der Waals surface area contributed by atoms with Gasteiger partial charge in [-0.25, -0.2) is 0 Å². The molecule has 0 spiro atoms. The lowest BCUT2D eigenvalue weighted by Crippen LogP contribution is -2.31. The fourth-order valence-corrected chi connectivity index (χ4v) is 6.09. The average molecular weight is 468 g/mol. The molecule has 0 aliphatic carbocycles. The van der Waals surface area contributed by atoms with Crippen LogP contribution in [0.4, 0.5) is 0 Å². The normalized spacial score (nSPS) is 11.1. The lowest BCUT2D eigenvalue weighted by atomic mass is 10.2. The highest BCUT2D eigenvalue weighted by Crippen LogP contribution is 2.16. The van der Waals surface area contributed by atoms with E-state index in [9.17, 15) is 0 Å². The molecule has 0 heterocycles. The lowest BCUT2D eigenvalue weighted by molar-refractivity contribution is 0.329. The Hall–Kier alpha value is -1.33. The number of nitrogens with zero attached hydrogens (tertiary/aromatic N) is 1. The molecule has 0 fully saturated rings. The Morgan fingerprint density at radius 1 is 0.419 bits per heavy atom. The molecule has 3 aromatic carbocycles. The van der Waals surface area contributed by atoms with E-state index >= 15 is 0 Å². The summed E-state index contributed by atoms with van der Waals surface area (Å²) in [6, 6.07) is 32.5. The number of hydrogen-bond acceptors (Lipinski definition) is 4. The van der Waals surface area contributed by atoms with Crippen LogP contribution in [0.5, 0.6) is 0 Å². The maximum absolute atomic E-state index is 2.66. The molecule has 3 rings (SSSR count). The maximum atomic E-state index is 2.66. The summed E-state index contributed by atoms with van der Waals surface area (Å²) in [5, 5.41) is 0. The number of thioether (sulfide) groups is 3. The van der Waals surface area contributed by atoms with Gasteiger partial charge in [0.05, 0.1) is 0 Å². The van der Waals surface area contributed by atoms with Crippen LogP contribution in [0.25, 0.3) is 0 Å². The second-order valence-electron chi connectivity index (χ2n) is 7.46. The van der Waals surface area contributed by atoms with Crippen molar-refractivity contribution in [3.8, 4) is 0 Å². The Labute approximate surface area is 201 Å². The lowest BCUT2D eigenvalue weighted by Gasteiger charge is -2.22. The Kier molecular flexibility index (Phi) is 12.1. The molecule has 0 aliphatic rings. The van der Waals surface area contributed by atoms with Crippen LogP contribution in [0.2, 0.25) is 0 Å². The highest BCUT2D eigenvalue weighted by atomic mass is 32.2. The van der Waals surface area contributed by atoms with E-state index in [0.29, 0.717) is 0 Å². The quantitative estimate of drug-likeness (QED) is 0.219. The van der Waals surface area contributed by atoms with Crippen molar-refractivity contribution < 1.29 is 0 Å². The van der Waals surface area contributed by atoms with Crippen LogP contribution in [-0.4, -0.2) is 41.8 Å². The molecular formula is C27H33NS3. The summed E-state index contributed by atoms with van der Waals surface area (Å²) in [6.45, 7) is 3.53. The zero-order valence-corrected chi connectivity index (χ0v) is 20.6. The van der Waals surface area contributed by atoms with Gasteiger partial charge in [-0.2, -0.15) is 35.3 Å². The van der Waals surface area contributed by atoms with E-state index in [4.69, 9.17) is 0 Å². The largest absolute Gasteiger partial charge is 0.301 e. The molecule has 0 aromatic heterocycles. The standard InChI is InChI=1S/C27H33NS3/c1-4-10-25(11-5-1)22-29-19-16-28(17-20-30-23-26-12-6-2-7-13-26)18-21-31-24-27-14-8-3-9-15-27/h1-15H,16-24H2. The number of benzene rings is 3. The minimum atomic E-state index is 1.11. The molecule has 0 bridgehead atoms. The Balaban J connectivity index is 1.36. The van der Waals surface area contributed by atoms with Gasteiger partial charge in [-0.1, -0.05) is 91.0 Å². The van der Waals surface area contributed by atoms with Crippen LogP contribution in [0.3, 0.4) is 0 Å². The van der Waals surface area contributed by atoms with Gasteiger partial charge in [0.15, 0.2) is 0 Å². The van der Waals surface area contributed by atoms with E-state index in [1.165, 1.54) is 53.6 Å². The molecule has 1 nitrogen and oxygen atoms in total. The van der Waals surface area contributed by atoms with E-state index in [2.05, 4.69) is 131 Å². The van der Waals surface area contributed by atoms with Crippen molar-refractivity contribution in [2.24, 2.45) is 0 Å². The highest BCUT2D eigenvalue weighted by Gasteiger charge is 2.06. The third-order valence-corrected chi connectivity index (χ3v) is 8.02. The SMILES string of the molecule is c1ccc(CSCCN(CCSCc2ccccc2)CCSCc2ccccc2)cc1. The third kappa shape index (κ3) is 10.7. The smallest absolute Gasteiger partial charge is 0.0185 e. The molecule has 0 saturated carbocycles. The van der Waals surface area contributed by atoms with E-state index in [1.54, 1.807) is 0 Å². The fourth-order valence-electron chi connectivity index (χ4n) is 3.21. The molecule has 164 valence electrons. The van der Waals surface area contributed by atoms with Crippen molar-refractivity contribution in [3.63, 3.8) is 0 Å². The van der Waals surface area contributed by atoms with Crippen molar-refractivity contribution in [1.29, 1.82) is 0 Å². The second-order valence-corrected chi connectivity index (χ2v) is 10.8. The summed E-state index contributed by atoms with van der Waals surface area (Å²) < 4.78 is 0. The van der Waals surface area contributed by atoms with Crippen molar-refractivity contribution >= 4 is 35.3 Å². The highest BCUT2D eigenvalue weighted by molar-refractivity contribution is 7.99. The predicted octanol–water partition coefficient (Wildman–Crippen LogP) is 7.09. The molecule has 0 radical (unpaired) electrons. The fraction of sp³-hybridized carbons (Fsp3) is 0.333. The molecule has 0 N–H and O–H groups in total. The van der Waals surface area contributed by atoms with Crippen molar-refractivity contribution in [3.05, 3.63) is 108 Å². The van der Waals surface area contributed by atoms with Gasteiger partial charge >= 0.3 is 0 Å². The van der Waals surface area contributed by atoms with Gasteiger partial charge in [-0.3, -0.25) is 0 Å². The van der Waals surface area contributed by atoms with Crippen LogP contribution in [0.15, 0.2) is 91.0 Å². The van der Waals surface area contributed by atoms with E-state index in [-0.39, 0.29) is 0 Å². The first-order valence-corrected chi connectivity index (χ1v) is 14.4. The third-order valence-electron chi connectivity index (χ3n) is 4.99. The first-order chi connectivity index (χ1) is 15.4. The molecule has 0 saturated heterocycles. The maximum Gasteiger partial charge on any atom is 0.0185 e. The van der Waals surface area contributed by atoms with Crippen LogP contribution in [0, 0.1) is 0 Å². The molecule has 0 atom stereocenters. The van der Waals surface area contributed by atoms with Gasteiger partial charge in [0.2, 0.25) is 0 Å². The zero-order chi connectivity index (χ0) is 21.4. The van der Waals surface area contributed by atoms with Gasteiger partial charge in [0, 0.05) is 54.2 Å². The van der Waals surface area contributed by atoms with Crippen LogP contribution in [0.1, 0.15) is 16.7 Å². The zero-order valence-electron chi connectivity index (χ0n) is 18.2. The molecule has 31 heavy (non-hydrogen) atoms. The predicted molar refractivity (Wildman–Crippen MR) is 144 cm³/mol. The number of hydrogen-bond donors (Lipinski definition) is 0. The molecule has 0 aliphatic heterocycles. The van der Waals surface area contributed by atoms with Crippen LogP contribution in [-0.2, 0) is 17.3 Å². The molecule has 3 aromatic rings. The summed E-state index contributed by atoms with van der Waals surface area (Å²) in [7, 11) is 0. The minimum Gasteiger partial charge on any atom is -0.301 e. The van der Waals surface area contributed by atoms with Gasteiger partial charge in [-0.15, -0.1) is 0 Å². The van der Waals surface area contributed by atoms with Crippen molar-refractivity contribution in [2.75, 3.05) is 36.9 Å². The van der Waals surface area contributed by atoms with Crippen molar-refractivity contribution in [1.82, 2.24) is 4.90 Å². The Bertz CT molecular complexity index is 699. The van der Waals surface area contributed by atoms with Crippen LogP contribution >= 0.6 is 35.3 Å². The van der Waals surface area contributed by atoms with Gasteiger partial charge < -0.3 is 4.90 Å². The van der Waals surface area contributed by atoms with E-state index < -0.39 is 0 Å². The monoisotopic (exact) mass is 467 g/mol. The Morgan fingerprint density at radius 3 is 1.00 bits per heavy atom. The molecule has 0 unspecified atom stereocenters. The first kappa shape index (κ1) is 24.3. The summed E-state index contributed by atoms with van der Waals surface area (Å²) in [4.78, 5) is 2.66. The summed E-state index contributed by atoms with van der Waals surface area (Å²) in [6.07, 6.45) is 0. The van der Waals surface area contributed by atoms with Crippen molar-refractivity contribution in [2.45, 2.75) is 17.3 Å². The first-order valence-electron chi connectivity index (χ1n) is 11.0. The van der Waals surface area contributed by atoms with Crippen LogP contribution < -0.4 is 0 Å². The summed E-state index contributed by atoms with van der Waals surface area (Å²) in [5.41, 5.74) is 4.28. The second kappa shape index (κ2) is 15.5. The number of rotatable bonds is 15. The van der Waals surface area contributed by atoms with E-state index in [0.717, 1.165) is 17.3 Å². The van der Waals surface area contributed by atoms with Gasteiger partial charge in [-0.05, 0) is 16.7 Å².